The first-order valence-corrected chi connectivity index (χ1v) is 14.7. The smallest absolute Gasteiger partial charge is 0.200 e. The van der Waals surface area contributed by atoms with E-state index in [0.29, 0.717) is 22.3 Å². The van der Waals surface area contributed by atoms with Gasteiger partial charge in [0.2, 0.25) is 11.6 Å². The molecule has 0 spiro atoms. The highest BCUT2D eigenvalue weighted by molar-refractivity contribution is 6.11. The average molecular weight is 715 g/mol. The highest BCUT2D eigenvalue weighted by atomic mass is 19.2. The molecule has 0 radical (unpaired) electrons. The number of hydrogen-bond donors (Lipinski definition) is 1. The lowest BCUT2D eigenvalue weighted by molar-refractivity contribution is 0.381. The summed E-state index contributed by atoms with van der Waals surface area (Å²) in [5, 5.41) is 32.6. The molecule has 2 aliphatic carbocycles. The van der Waals surface area contributed by atoms with E-state index in [4.69, 9.17) is 0 Å². The maximum atomic E-state index is 14.9. The van der Waals surface area contributed by atoms with Crippen molar-refractivity contribution in [2.24, 2.45) is 0 Å². The average Bonchev–Trinajstić information content (AvgIpc) is 3.63. The van der Waals surface area contributed by atoms with Gasteiger partial charge < -0.3 is 5.32 Å². The van der Waals surface area contributed by atoms with Crippen LogP contribution in [0.15, 0.2) is 59.8 Å². The molecule has 5 aromatic rings. The van der Waals surface area contributed by atoms with E-state index < -0.39 is 86.0 Å². The van der Waals surface area contributed by atoms with Crippen molar-refractivity contribution in [1.82, 2.24) is 5.32 Å². The van der Waals surface area contributed by atoms with E-state index in [1.807, 2.05) is 6.07 Å². The van der Waals surface area contributed by atoms with Crippen LogP contribution in [0.25, 0.3) is 55.7 Å². The lowest BCUT2D eigenvalue weighted by Gasteiger charge is -2.12. The van der Waals surface area contributed by atoms with Crippen LogP contribution in [0.3, 0.4) is 0 Å². The van der Waals surface area contributed by atoms with Crippen LogP contribution in [0.4, 0.5) is 43.9 Å². The summed E-state index contributed by atoms with van der Waals surface area (Å²) in [6.07, 6.45) is 0. The quantitative estimate of drug-likeness (QED) is 0.0856. The van der Waals surface area contributed by atoms with Crippen LogP contribution in [0.2, 0.25) is 0 Å². The van der Waals surface area contributed by atoms with E-state index in [1.54, 1.807) is 12.1 Å². The molecule has 0 saturated carbocycles. The second kappa shape index (κ2) is 11.9. The van der Waals surface area contributed by atoms with Crippen molar-refractivity contribution >= 4 is 11.1 Å². The molecule has 52 heavy (non-hydrogen) atoms. The summed E-state index contributed by atoms with van der Waals surface area (Å²) in [5.74, 6) is -21.8. The monoisotopic (exact) mass is 714 g/mol. The molecule has 0 saturated heterocycles. The van der Waals surface area contributed by atoms with Gasteiger partial charge in [-0.15, -0.1) is 0 Å². The van der Waals surface area contributed by atoms with Crippen LogP contribution < -0.4 is 5.32 Å². The van der Waals surface area contributed by atoms with E-state index in [1.165, 1.54) is 31.3 Å². The van der Waals surface area contributed by atoms with Crippen LogP contribution in [0, 0.1) is 92.2 Å². The van der Waals surface area contributed by atoms with Crippen LogP contribution in [-0.2, 0) is 0 Å². The zero-order chi connectivity index (χ0) is 37.5. The molecule has 2 aliphatic rings. The Bertz CT molecular complexity index is 2640. The molecule has 0 fully saturated rings. The van der Waals surface area contributed by atoms with Gasteiger partial charge in [-0.3, -0.25) is 0 Å². The van der Waals surface area contributed by atoms with Gasteiger partial charge >= 0.3 is 0 Å². The number of halogens is 10. The van der Waals surface area contributed by atoms with Crippen LogP contribution in [0.1, 0.15) is 22.3 Å². The third-order valence-electron chi connectivity index (χ3n) is 8.94. The molecule has 0 heterocycles. The van der Waals surface area contributed by atoms with Gasteiger partial charge in [-0.05, 0) is 79.9 Å². The van der Waals surface area contributed by atoms with E-state index in [0.717, 1.165) is 24.3 Å². The molecule has 0 unspecified atom stereocenters. The minimum atomic E-state index is -2.36. The molecule has 14 heteroatoms. The molecule has 5 aromatic carbocycles. The zero-order valence-electron chi connectivity index (χ0n) is 25.7. The number of rotatable bonds is 3. The molecule has 7 rings (SSSR count). The Kier molecular flexibility index (Phi) is 7.69. The summed E-state index contributed by atoms with van der Waals surface area (Å²) in [4.78, 5) is 0. The van der Waals surface area contributed by atoms with Crippen LogP contribution in [-0.4, -0.2) is 7.05 Å². The van der Waals surface area contributed by atoms with E-state index in [9.17, 15) is 59.7 Å². The first-order valence-electron chi connectivity index (χ1n) is 14.7. The third kappa shape index (κ3) is 4.46. The summed E-state index contributed by atoms with van der Waals surface area (Å²) in [7, 11) is 1.40. The first-order chi connectivity index (χ1) is 24.8. The van der Waals surface area contributed by atoms with Crippen LogP contribution >= 0.6 is 0 Å². The Labute approximate surface area is 286 Å². The number of fused-ring (bicyclic) bond motifs is 6. The van der Waals surface area contributed by atoms with Crippen LogP contribution in [0.5, 0.6) is 0 Å². The number of nitrogens with one attached hydrogen (secondary N) is 1. The molecule has 0 amide bonds. The highest BCUT2D eigenvalue weighted by Gasteiger charge is 2.36. The Hall–Kier alpha value is -6.85. The van der Waals surface area contributed by atoms with Gasteiger partial charge in [0.1, 0.15) is 29.5 Å². The molecule has 0 aliphatic heterocycles. The van der Waals surface area contributed by atoms with Gasteiger partial charge in [-0.2, -0.15) is 15.8 Å². The van der Waals surface area contributed by atoms with Crippen molar-refractivity contribution in [2.75, 3.05) is 7.05 Å². The fourth-order valence-electron chi connectivity index (χ4n) is 6.66. The third-order valence-corrected chi connectivity index (χ3v) is 8.94. The summed E-state index contributed by atoms with van der Waals surface area (Å²) in [5.41, 5.74) is -1.96. The van der Waals surface area contributed by atoms with Crippen molar-refractivity contribution in [3.63, 3.8) is 0 Å². The minimum Gasteiger partial charge on any atom is -0.379 e. The van der Waals surface area contributed by atoms with Gasteiger partial charge in [0.05, 0.1) is 11.1 Å². The number of hydrogen-bond acceptors (Lipinski definition) is 4. The summed E-state index contributed by atoms with van der Waals surface area (Å²) in [6, 6.07) is 15.5. The van der Waals surface area contributed by atoms with Crippen molar-refractivity contribution in [3.05, 3.63) is 140 Å². The summed E-state index contributed by atoms with van der Waals surface area (Å²) >= 11 is 0. The van der Waals surface area contributed by atoms with Gasteiger partial charge in [0.25, 0.3) is 0 Å². The van der Waals surface area contributed by atoms with Crippen molar-refractivity contribution in [2.45, 2.75) is 0 Å². The molecule has 0 aromatic heterocycles. The number of nitrogens with zero attached hydrogens (tertiary/aromatic N) is 3. The Morgan fingerprint density at radius 3 is 1.13 bits per heavy atom. The molecule has 0 bridgehead atoms. The summed E-state index contributed by atoms with van der Waals surface area (Å²) in [6.45, 7) is 0. The summed E-state index contributed by atoms with van der Waals surface area (Å²) < 4.78 is 144. The lowest BCUT2D eigenvalue weighted by atomic mass is 9.93. The predicted molar refractivity (Wildman–Crippen MR) is 166 cm³/mol. The van der Waals surface area contributed by atoms with E-state index >= 15 is 0 Å². The second-order valence-corrected chi connectivity index (χ2v) is 11.4. The number of benzene rings is 5. The van der Waals surface area contributed by atoms with Gasteiger partial charge in [-0.25, -0.2) is 43.9 Å². The number of nitriles is 3. The Morgan fingerprint density at radius 1 is 0.423 bits per heavy atom. The maximum absolute atomic E-state index is 14.9. The largest absolute Gasteiger partial charge is 0.379 e. The first kappa shape index (κ1) is 33.6. The minimum absolute atomic E-state index is 0.0275. The maximum Gasteiger partial charge on any atom is 0.200 e. The van der Waals surface area contributed by atoms with E-state index in [-0.39, 0.29) is 39.1 Å². The van der Waals surface area contributed by atoms with Gasteiger partial charge in [0, 0.05) is 18.2 Å². The highest BCUT2D eigenvalue weighted by Crippen LogP contribution is 2.54. The molecule has 0 atom stereocenters. The normalized spacial score (nSPS) is 13.0. The fourth-order valence-corrected chi connectivity index (χ4v) is 6.66. The lowest BCUT2D eigenvalue weighted by Crippen LogP contribution is -2.07. The van der Waals surface area contributed by atoms with Crippen molar-refractivity contribution in [1.29, 1.82) is 15.8 Å². The fraction of sp³-hybridized carbons (Fsp3) is 0.0263. The Morgan fingerprint density at radius 2 is 0.769 bits per heavy atom. The standard InChI is InChI=1S/C38H12F10N4/c1-52-24(12-51)28-21-7-14(27-31(41)35(45)38(48)36(46)32(27)42)3-5-17(21)19-8-22-18(9-23(19)28)16-4-2-13(6-20(16)25(22)15(10-49)11-50)26-29(39)33(43)37(47)34(44)30(26)40/h2-9,52H,1H3/b28-24-. The molecule has 1 N–H and O–H groups in total. The van der Waals surface area contributed by atoms with Gasteiger partial charge in [-0.1, -0.05) is 24.3 Å². The SMILES string of the molecule is CN/C(C#N)=C1/c2cc(-c3c(F)c(F)c(F)c(F)c3F)ccc2-c2cc3c(cc21)-c1ccc(-c2c(F)c(F)c(F)c(F)c2F)cc1C3=C(C#N)C#N. The van der Waals surface area contributed by atoms with Gasteiger partial charge in [0.15, 0.2) is 46.5 Å². The topological polar surface area (TPSA) is 83.4 Å². The molecule has 4 nitrogen and oxygen atoms in total. The number of allylic oxidation sites excluding steroid dienone is 2. The molecular formula is C38H12F10N4. The van der Waals surface area contributed by atoms with Crippen molar-refractivity contribution in [3.8, 4) is 62.7 Å². The second-order valence-electron chi connectivity index (χ2n) is 11.4. The zero-order valence-corrected chi connectivity index (χ0v) is 25.7. The van der Waals surface area contributed by atoms with Crippen molar-refractivity contribution < 1.29 is 43.9 Å². The molecular weight excluding hydrogens is 702 g/mol. The van der Waals surface area contributed by atoms with E-state index in [2.05, 4.69) is 5.32 Å². The Balaban J connectivity index is 1.50. The molecule has 254 valence electrons. The predicted octanol–water partition coefficient (Wildman–Crippen LogP) is 9.72.